The zero-order valence-electron chi connectivity index (χ0n) is 16.3. The Hall–Kier alpha value is -2.90. The molecule has 0 atom stereocenters. The van der Waals surface area contributed by atoms with E-state index in [-0.39, 0.29) is 30.2 Å². The van der Waals surface area contributed by atoms with Crippen molar-refractivity contribution in [2.75, 3.05) is 0 Å². The number of nitrogens with one attached hydrogen (secondary N) is 1. The average molecular weight is 458 g/mol. The second-order valence-corrected chi connectivity index (χ2v) is 8.28. The Morgan fingerprint density at radius 3 is 2.68 bits per heavy atom. The number of fused-ring (bicyclic) bond motifs is 3. The van der Waals surface area contributed by atoms with Crippen molar-refractivity contribution in [3.8, 4) is 21.7 Å². The highest BCUT2D eigenvalue weighted by Gasteiger charge is 2.24. The summed E-state index contributed by atoms with van der Waals surface area (Å²) in [5, 5.41) is 0.294. The minimum Gasteiger partial charge on any atom is -0.345 e. The number of ketones is 1. The fourth-order valence-electron chi connectivity index (χ4n) is 3.82. The smallest absolute Gasteiger partial charge is 0.195 e. The molecule has 8 heteroatoms. The third-order valence-corrected chi connectivity index (χ3v) is 6.53. The predicted molar refractivity (Wildman–Crippen MR) is 119 cm³/mol. The fraction of sp³-hybridized carbons (Fsp3) is 0.174. The van der Waals surface area contributed by atoms with Gasteiger partial charge in [-0.05, 0) is 48.6 Å². The number of thiazole rings is 1. The topological polar surface area (TPSA) is 58.6 Å². The number of imidazole rings is 1. The normalized spacial score (nSPS) is 12.5. The highest BCUT2D eigenvalue weighted by atomic mass is 35.5. The summed E-state index contributed by atoms with van der Waals surface area (Å²) >= 11 is 1.30. The number of aromatic amines is 1. The Morgan fingerprint density at radius 1 is 1.13 bits per heavy atom. The lowest BCUT2D eigenvalue weighted by molar-refractivity contribution is 0.0990. The lowest BCUT2D eigenvalue weighted by Gasteiger charge is -2.08. The SMILES string of the molecule is Cl.O=C(Cc1c(F)cccc1F)c1nc2c(s1)-c1cc(-c3cnc[nH]3)ccc1CCC2. The van der Waals surface area contributed by atoms with Crippen LogP contribution in [0.3, 0.4) is 0 Å². The van der Waals surface area contributed by atoms with E-state index in [0.29, 0.717) is 5.01 Å². The quantitative estimate of drug-likeness (QED) is 0.393. The lowest BCUT2D eigenvalue weighted by atomic mass is 10.00. The number of carbonyl (C=O) groups is 1. The van der Waals surface area contributed by atoms with E-state index < -0.39 is 11.6 Å². The van der Waals surface area contributed by atoms with E-state index in [1.165, 1.54) is 23.0 Å². The molecule has 0 saturated carbocycles. The molecule has 0 bridgehead atoms. The zero-order chi connectivity index (χ0) is 20.7. The van der Waals surface area contributed by atoms with E-state index >= 15 is 0 Å². The summed E-state index contributed by atoms with van der Waals surface area (Å²) in [5.41, 5.74) is 4.85. The number of aryl methyl sites for hydroxylation is 2. The molecule has 1 aliphatic rings. The van der Waals surface area contributed by atoms with Crippen LogP contribution in [0.5, 0.6) is 0 Å². The fourth-order valence-corrected chi connectivity index (χ4v) is 4.92. The van der Waals surface area contributed by atoms with Gasteiger partial charge in [-0.15, -0.1) is 23.7 Å². The van der Waals surface area contributed by atoms with Gasteiger partial charge in [0.2, 0.25) is 0 Å². The van der Waals surface area contributed by atoms with Gasteiger partial charge in [-0.2, -0.15) is 0 Å². The van der Waals surface area contributed by atoms with Crippen molar-refractivity contribution in [1.29, 1.82) is 0 Å². The Labute approximate surface area is 187 Å². The molecule has 2 aromatic heterocycles. The molecule has 2 aromatic carbocycles. The van der Waals surface area contributed by atoms with Crippen LogP contribution in [0.25, 0.3) is 21.7 Å². The van der Waals surface area contributed by atoms with Crippen molar-refractivity contribution in [2.24, 2.45) is 0 Å². The zero-order valence-corrected chi connectivity index (χ0v) is 18.0. The van der Waals surface area contributed by atoms with Gasteiger partial charge in [0.05, 0.1) is 28.8 Å². The van der Waals surface area contributed by atoms with Crippen LogP contribution in [-0.2, 0) is 19.3 Å². The number of aromatic nitrogens is 3. The molecule has 1 N–H and O–H groups in total. The first-order chi connectivity index (χ1) is 14.6. The average Bonchev–Trinajstić information content (AvgIpc) is 3.39. The van der Waals surface area contributed by atoms with Crippen molar-refractivity contribution < 1.29 is 13.6 Å². The molecule has 0 unspecified atom stereocenters. The lowest BCUT2D eigenvalue weighted by Crippen LogP contribution is -2.07. The van der Waals surface area contributed by atoms with E-state index in [9.17, 15) is 13.6 Å². The van der Waals surface area contributed by atoms with Crippen LogP contribution in [0.2, 0.25) is 0 Å². The van der Waals surface area contributed by atoms with Gasteiger partial charge in [-0.1, -0.05) is 18.2 Å². The van der Waals surface area contributed by atoms with E-state index in [1.54, 1.807) is 12.5 Å². The van der Waals surface area contributed by atoms with E-state index in [2.05, 4.69) is 33.2 Å². The third-order valence-electron chi connectivity index (χ3n) is 5.36. The maximum Gasteiger partial charge on any atom is 0.195 e. The Bertz CT molecular complexity index is 1230. The summed E-state index contributed by atoms with van der Waals surface area (Å²) in [4.78, 5) is 25.5. The summed E-state index contributed by atoms with van der Waals surface area (Å²) < 4.78 is 27.9. The van der Waals surface area contributed by atoms with Crippen molar-refractivity contribution in [1.82, 2.24) is 15.0 Å². The van der Waals surface area contributed by atoms with Gasteiger partial charge in [0.1, 0.15) is 11.6 Å². The molecule has 0 aliphatic heterocycles. The second kappa shape index (κ2) is 8.69. The largest absolute Gasteiger partial charge is 0.345 e. The molecule has 4 aromatic rings. The number of halogens is 3. The van der Waals surface area contributed by atoms with Gasteiger partial charge < -0.3 is 4.98 Å². The van der Waals surface area contributed by atoms with E-state index in [1.807, 2.05) is 0 Å². The molecule has 2 heterocycles. The van der Waals surface area contributed by atoms with Crippen LogP contribution in [0.15, 0.2) is 48.9 Å². The molecule has 0 fully saturated rings. The molecule has 1 aliphatic carbocycles. The summed E-state index contributed by atoms with van der Waals surface area (Å²) in [6, 6.07) is 9.88. The summed E-state index contributed by atoms with van der Waals surface area (Å²) in [7, 11) is 0. The van der Waals surface area contributed by atoms with Crippen LogP contribution < -0.4 is 0 Å². The predicted octanol–water partition coefficient (Wildman–Crippen LogP) is 5.81. The van der Waals surface area contributed by atoms with Crippen molar-refractivity contribution in [3.05, 3.63) is 82.4 Å². The first-order valence-electron chi connectivity index (χ1n) is 9.68. The minimum atomic E-state index is -0.712. The third kappa shape index (κ3) is 4.03. The number of nitrogens with zero attached hydrogens (tertiary/aromatic N) is 2. The molecular weight excluding hydrogens is 440 g/mol. The van der Waals surface area contributed by atoms with Gasteiger partial charge in [0, 0.05) is 17.5 Å². The highest BCUT2D eigenvalue weighted by Crippen LogP contribution is 2.39. The first-order valence-corrected chi connectivity index (χ1v) is 10.5. The Balaban J connectivity index is 0.00000231. The molecule has 0 saturated heterocycles. The number of carbonyl (C=O) groups excluding carboxylic acids is 1. The van der Waals surface area contributed by atoms with Crippen molar-refractivity contribution in [3.63, 3.8) is 0 Å². The number of H-pyrrole nitrogens is 1. The number of rotatable bonds is 4. The van der Waals surface area contributed by atoms with E-state index in [0.717, 1.165) is 58.8 Å². The molecule has 0 amide bonds. The van der Waals surface area contributed by atoms with Gasteiger partial charge in [0.25, 0.3) is 0 Å². The molecular formula is C23H18ClF2N3OS. The van der Waals surface area contributed by atoms with Crippen LogP contribution in [0.1, 0.15) is 33.0 Å². The molecule has 31 heavy (non-hydrogen) atoms. The molecule has 5 rings (SSSR count). The van der Waals surface area contributed by atoms with Gasteiger partial charge in [-0.25, -0.2) is 18.7 Å². The van der Waals surface area contributed by atoms with Crippen molar-refractivity contribution in [2.45, 2.75) is 25.7 Å². The summed E-state index contributed by atoms with van der Waals surface area (Å²) in [5.74, 6) is -1.80. The number of hydrogen-bond donors (Lipinski definition) is 1. The van der Waals surface area contributed by atoms with Crippen LogP contribution in [0, 0.1) is 11.6 Å². The number of benzene rings is 2. The maximum atomic E-state index is 14.0. The molecule has 0 radical (unpaired) electrons. The summed E-state index contributed by atoms with van der Waals surface area (Å²) in [6.45, 7) is 0. The molecule has 4 nitrogen and oxygen atoms in total. The Morgan fingerprint density at radius 2 is 1.94 bits per heavy atom. The van der Waals surface area contributed by atoms with Crippen molar-refractivity contribution >= 4 is 29.5 Å². The van der Waals surface area contributed by atoms with Crippen LogP contribution in [-0.4, -0.2) is 20.7 Å². The second-order valence-electron chi connectivity index (χ2n) is 7.29. The minimum absolute atomic E-state index is 0. The summed E-state index contributed by atoms with van der Waals surface area (Å²) in [6.07, 6.45) is 5.70. The molecule has 0 spiro atoms. The maximum absolute atomic E-state index is 14.0. The van der Waals surface area contributed by atoms with Gasteiger partial charge in [-0.3, -0.25) is 4.79 Å². The van der Waals surface area contributed by atoms with E-state index in [4.69, 9.17) is 0 Å². The first kappa shape index (κ1) is 21.3. The number of hydrogen-bond acceptors (Lipinski definition) is 4. The standard InChI is InChI=1S/C23H17F2N3OS.ClH/c24-17-4-2-5-18(25)16(17)10-21(29)23-28-19-6-1-3-13-7-8-14(20-11-26-12-27-20)9-15(13)22(19)30-23;/h2,4-5,7-9,11-12H,1,3,6,10H2,(H,26,27);1H. The van der Waals surface area contributed by atoms with Gasteiger partial charge in [0.15, 0.2) is 10.8 Å². The highest BCUT2D eigenvalue weighted by molar-refractivity contribution is 7.17. The Kier molecular flexibility index (Phi) is 5.98. The monoisotopic (exact) mass is 457 g/mol. The van der Waals surface area contributed by atoms with Gasteiger partial charge >= 0.3 is 0 Å². The molecule has 158 valence electrons. The van der Waals surface area contributed by atoms with Crippen LogP contribution >= 0.6 is 23.7 Å². The van der Waals surface area contributed by atoms with Crippen LogP contribution in [0.4, 0.5) is 8.78 Å². The number of Topliss-reactive ketones (excluding diaryl/α,β-unsaturated/α-hetero) is 1.